The highest BCUT2D eigenvalue weighted by molar-refractivity contribution is 6.02. The molecule has 0 spiro atoms. The van der Waals surface area contributed by atoms with Gasteiger partial charge in [-0.1, -0.05) is 63.6 Å². The molecule has 2 rings (SSSR count). The summed E-state index contributed by atoms with van der Waals surface area (Å²) in [4.78, 5) is 23.2. The van der Waals surface area contributed by atoms with E-state index in [0.29, 0.717) is 23.5 Å². The fourth-order valence-corrected chi connectivity index (χ4v) is 3.18. The van der Waals surface area contributed by atoms with Gasteiger partial charge < -0.3 is 14.9 Å². The molecule has 0 amide bonds. The molecular formula is C23H28O5. The lowest BCUT2D eigenvalue weighted by Crippen LogP contribution is -2.05. The van der Waals surface area contributed by atoms with Crippen LogP contribution in [0.4, 0.5) is 0 Å². The molecule has 0 atom stereocenters. The van der Waals surface area contributed by atoms with Crippen molar-refractivity contribution in [2.75, 3.05) is 6.61 Å². The van der Waals surface area contributed by atoms with Crippen LogP contribution in [0.25, 0.3) is 11.1 Å². The van der Waals surface area contributed by atoms with Gasteiger partial charge in [0.2, 0.25) is 0 Å². The summed E-state index contributed by atoms with van der Waals surface area (Å²) in [6, 6.07) is 11.2. The standard InChI is InChI=1S/C23H28O5/c1-2-3-4-5-6-7-10-15-28-17-13-14-19(21(16-17)23(26)27)18-11-8-9-12-20(18)22(24)25/h8-9,11-14,16H,2-7,10,15H2,1H3,(H,24,25)(H,26,27). The number of benzene rings is 2. The molecule has 0 saturated heterocycles. The molecule has 2 aromatic rings. The van der Waals surface area contributed by atoms with Crippen LogP contribution in [-0.4, -0.2) is 28.8 Å². The highest BCUT2D eigenvalue weighted by Crippen LogP contribution is 2.30. The van der Waals surface area contributed by atoms with E-state index < -0.39 is 11.9 Å². The van der Waals surface area contributed by atoms with Crippen LogP contribution in [0.1, 0.15) is 72.6 Å². The van der Waals surface area contributed by atoms with Crippen molar-refractivity contribution in [2.24, 2.45) is 0 Å². The molecule has 28 heavy (non-hydrogen) atoms. The number of carboxylic acid groups (broad SMARTS) is 2. The third-order valence-corrected chi connectivity index (χ3v) is 4.69. The molecule has 5 nitrogen and oxygen atoms in total. The molecule has 0 saturated carbocycles. The quantitative estimate of drug-likeness (QED) is 0.446. The van der Waals surface area contributed by atoms with Crippen molar-refractivity contribution in [3.8, 4) is 16.9 Å². The number of carbonyl (C=O) groups is 2. The van der Waals surface area contributed by atoms with E-state index in [1.54, 1.807) is 30.3 Å². The summed E-state index contributed by atoms with van der Waals surface area (Å²) in [5.74, 6) is -1.72. The average Bonchev–Trinajstić information content (AvgIpc) is 2.69. The van der Waals surface area contributed by atoms with Crippen LogP contribution in [0.15, 0.2) is 42.5 Å². The number of rotatable bonds is 12. The van der Waals surface area contributed by atoms with Gasteiger partial charge in [0.15, 0.2) is 0 Å². The SMILES string of the molecule is CCCCCCCCCOc1ccc(-c2ccccc2C(=O)O)c(C(=O)O)c1. The predicted octanol–water partition coefficient (Wildman–Crippen LogP) is 5.88. The van der Waals surface area contributed by atoms with Gasteiger partial charge in [0, 0.05) is 0 Å². The van der Waals surface area contributed by atoms with Crippen LogP contribution < -0.4 is 4.74 Å². The van der Waals surface area contributed by atoms with Crippen LogP contribution in [0.3, 0.4) is 0 Å². The minimum absolute atomic E-state index is 0.0331. The molecule has 0 aliphatic heterocycles. The Balaban J connectivity index is 2.04. The molecule has 0 aliphatic rings. The van der Waals surface area contributed by atoms with Crippen LogP contribution in [-0.2, 0) is 0 Å². The third kappa shape index (κ3) is 6.12. The van der Waals surface area contributed by atoms with Crippen molar-refractivity contribution in [3.63, 3.8) is 0 Å². The topological polar surface area (TPSA) is 83.8 Å². The summed E-state index contributed by atoms with van der Waals surface area (Å²) in [6.07, 6.45) is 8.26. The Morgan fingerprint density at radius 2 is 1.39 bits per heavy atom. The molecule has 0 radical (unpaired) electrons. The van der Waals surface area contributed by atoms with Gasteiger partial charge in [-0.3, -0.25) is 0 Å². The van der Waals surface area contributed by atoms with E-state index in [0.717, 1.165) is 12.8 Å². The highest BCUT2D eigenvalue weighted by Gasteiger charge is 2.18. The lowest BCUT2D eigenvalue weighted by molar-refractivity contribution is 0.0684. The van der Waals surface area contributed by atoms with E-state index in [9.17, 15) is 19.8 Å². The molecule has 0 aromatic heterocycles. The maximum absolute atomic E-state index is 11.7. The summed E-state index contributed by atoms with van der Waals surface area (Å²) in [7, 11) is 0. The first kappa shape index (κ1) is 21.5. The van der Waals surface area contributed by atoms with Crippen molar-refractivity contribution in [1.29, 1.82) is 0 Å². The Kier molecular flexibility index (Phi) is 8.53. The number of aromatic carboxylic acids is 2. The smallest absolute Gasteiger partial charge is 0.336 e. The number of ether oxygens (including phenoxy) is 1. The van der Waals surface area contributed by atoms with Gasteiger partial charge in [-0.05, 0) is 41.8 Å². The molecule has 150 valence electrons. The van der Waals surface area contributed by atoms with Gasteiger partial charge in [0.25, 0.3) is 0 Å². The van der Waals surface area contributed by atoms with E-state index in [1.165, 1.54) is 44.2 Å². The fourth-order valence-electron chi connectivity index (χ4n) is 3.18. The highest BCUT2D eigenvalue weighted by atomic mass is 16.5. The molecule has 0 aliphatic carbocycles. The zero-order valence-corrected chi connectivity index (χ0v) is 16.3. The van der Waals surface area contributed by atoms with Gasteiger partial charge in [-0.25, -0.2) is 9.59 Å². The van der Waals surface area contributed by atoms with Crippen LogP contribution in [0.2, 0.25) is 0 Å². The Bertz CT molecular complexity index is 797. The average molecular weight is 384 g/mol. The molecule has 0 heterocycles. The zero-order valence-electron chi connectivity index (χ0n) is 16.3. The van der Waals surface area contributed by atoms with Crippen LogP contribution >= 0.6 is 0 Å². The Labute approximate surface area is 166 Å². The van der Waals surface area contributed by atoms with Gasteiger partial charge in [0.1, 0.15) is 5.75 Å². The van der Waals surface area contributed by atoms with E-state index >= 15 is 0 Å². The minimum Gasteiger partial charge on any atom is -0.494 e. The molecule has 0 fully saturated rings. The van der Waals surface area contributed by atoms with E-state index in [-0.39, 0.29) is 11.1 Å². The first-order valence-corrected chi connectivity index (χ1v) is 9.87. The van der Waals surface area contributed by atoms with Crippen molar-refractivity contribution in [2.45, 2.75) is 51.9 Å². The van der Waals surface area contributed by atoms with Crippen LogP contribution in [0, 0.1) is 0 Å². The number of hydrogen-bond acceptors (Lipinski definition) is 3. The van der Waals surface area contributed by atoms with Crippen molar-refractivity contribution < 1.29 is 24.5 Å². The minimum atomic E-state index is -1.11. The number of carboxylic acids is 2. The summed E-state index contributed by atoms with van der Waals surface area (Å²) in [5.41, 5.74) is 0.854. The summed E-state index contributed by atoms with van der Waals surface area (Å²) in [5, 5.41) is 19.0. The monoisotopic (exact) mass is 384 g/mol. The van der Waals surface area contributed by atoms with Crippen molar-refractivity contribution in [3.05, 3.63) is 53.6 Å². The molecule has 0 unspecified atom stereocenters. The molecule has 2 N–H and O–H groups in total. The summed E-state index contributed by atoms with van der Waals surface area (Å²) < 4.78 is 5.71. The summed E-state index contributed by atoms with van der Waals surface area (Å²) in [6.45, 7) is 2.74. The largest absolute Gasteiger partial charge is 0.494 e. The first-order valence-electron chi connectivity index (χ1n) is 9.87. The second-order valence-corrected chi connectivity index (χ2v) is 6.83. The Morgan fingerprint density at radius 3 is 2.07 bits per heavy atom. The van der Waals surface area contributed by atoms with Crippen molar-refractivity contribution >= 4 is 11.9 Å². The first-order chi connectivity index (χ1) is 13.5. The van der Waals surface area contributed by atoms with Gasteiger partial charge >= 0.3 is 11.9 Å². The predicted molar refractivity (Wildman–Crippen MR) is 109 cm³/mol. The second-order valence-electron chi connectivity index (χ2n) is 6.83. The molecule has 5 heteroatoms. The number of unbranched alkanes of at least 4 members (excludes halogenated alkanes) is 6. The molecule has 2 aromatic carbocycles. The lowest BCUT2D eigenvalue weighted by atomic mass is 9.95. The van der Waals surface area contributed by atoms with E-state index in [2.05, 4.69) is 6.92 Å². The van der Waals surface area contributed by atoms with Gasteiger partial charge in [-0.15, -0.1) is 0 Å². The maximum atomic E-state index is 11.7. The Morgan fingerprint density at radius 1 is 0.786 bits per heavy atom. The van der Waals surface area contributed by atoms with E-state index in [1.807, 2.05) is 0 Å². The van der Waals surface area contributed by atoms with E-state index in [4.69, 9.17) is 4.74 Å². The third-order valence-electron chi connectivity index (χ3n) is 4.69. The molecular weight excluding hydrogens is 356 g/mol. The fraction of sp³-hybridized carbons (Fsp3) is 0.391. The lowest BCUT2D eigenvalue weighted by Gasteiger charge is -2.12. The second kappa shape index (κ2) is 11.1. The number of hydrogen-bond donors (Lipinski definition) is 2. The normalized spacial score (nSPS) is 10.6. The molecule has 0 bridgehead atoms. The maximum Gasteiger partial charge on any atom is 0.336 e. The van der Waals surface area contributed by atoms with Gasteiger partial charge in [-0.2, -0.15) is 0 Å². The zero-order chi connectivity index (χ0) is 20.4. The van der Waals surface area contributed by atoms with Crippen LogP contribution in [0.5, 0.6) is 5.75 Å². The van der Waals surface area contributed by atoms with Gasteiger partial charge in [0.05, 0.1) is 17.7 Å². The summed E-state index contributed by atoms with van der Waals surface area (Å²) >= 11 is 0. The van der Waals surface area contributed by atoms with Crippen molar-refractivity contribution in [1.82, 2.24) is 0 Å². The Hall–Kier alpha value is -2.82.